The molecule has 3 nitrogen and oxygen atoms in total. The molecule has 1 amide bonds. The number of amides is 1. The molecular formula is C19H26N2OS2. The van der Waals surface area contributed by atoms with Gasteiger partial charge in [-0.25, -0.2) is 4.98 Å². The van der Waals surface area contributed by atoms with Crippen LogP contribution >= 0.6 is 23.1 Å². The molecule has 0 radical (unpaired) electrons. The van der Waals surface area contributed by atoms with Crippen LogP contribution in [-0.4, -0.2) is 16.6 Å². The minimum absolute atomic E-state index is 0.0407. The van der Waals surface area contributed by atoms with Crippen LogP contribution in [0.3, 0.4) is 0 Å². The highest BCUT2D eigenvalue weighted by atomic mass is 32.2. The predicted octanol–water partition coefficient (Wildman–Crippen LogP) is 4.97. The molecule has 0 saturated carbocycles. The van der Waals surface area contributed by atoms with Gasteiger partial charge in [-0.05, 0) is 23.1 Å². The van der Waals surface area contributed by atoms with Gasteiger partial charge < -0.3 is 5.32 Å². The predicted molar refractivity (Wildman–Crippen MR) is 104 cm³/mol. The molecule has 1 N–H and O–H groups in total. The van der Waals surface area contributed by atoms with Gasteiger partial charge in [-0.2, -0.15) is 0 Å². The number of thioether (sulfide) groups is 1. The monoisotopic (exact) mass is 362 g/mol. The number of carbonyl (C=O) groups excluding carboxylic acids is 1. The SMILES string of the molecule is CC(C)c1nc(CNC(=O)CSc2ccc(C(C)(C)C)cc2)cs1. The number of hydrogen-bond donors (Lipinski definition) is 1. The van der Waals surface area contributed by atoms with Crippen molar-refractivity contribution in [3.63, 3.8) is 0 Å². The Hall–Kier alpha value is -1.33. The van der Waals surface area contributed by atoms with Crippen molar-refractivity contribution in [2.75, 3.05) is 5.75 Å². The summed E-state index contributed by atoms with van der Waals surface area (Å²) in [5.74, 6) is 0.904. The summed E-state index contributed by atoms with van der Waals surface area (Å²) in [5, 5.41) is 6.08. The summed E-state index contributed by atoms with van der Waals surface area (Å²) >= 11 is 3.22. The minimum atomic E-state index is 0.0407. The van der Waals surface area contributed by atoms with E-state index >= 15 is 0 Å². The Morgan fingerprint density at radius 3 is 2.46 bits per heavy atom. The maximum Gasteiger partial charge on any atom is 0.230 e. The first-order chi connectivity index (χ1) is 11.3. The summed E-state index contributed by atoms with van der Waals surface area (Å²) in [6, 6.07) is 8.47. The largest absolute Gasteiger partial charge is 0.350 e. The summed E-state index contributed by atoms with van der Waals surface area (Å²) in [5.41, 5.74) is 2.40. The van der Waals surface area contributed by atoms with Crippen LogP contribution in [-0.2, 0) is 16.8 Å². The number of nitrogens with one attached hydrogen (secondary N) is 1. The van der Waals surface area contributed by atoms with Gasteiger partial charge >= 0.3 is 0 Å². The third-order valence-corrected chi connectivity index (χ3v) is 5.83. The van der Waals surface area contributed by atoms with Gasteiger partial charge in [-0.15, -0.1) is 23.1 Å². The normalized spacial score (nSPS) is 11.8. The fourth-order valence-corrected chi connectivity index (χ4v) is 3.67. The molecular weight excluding hydrogens is 336 g/mol. The van der Waals surface area contributed by atoms with Crippen LogP contribution in [0.1, 0.15) is 56.8 Å². The Morgan fingerprint density at radius 1 is 1.25 bits per heavy atom. The zero-order chi connectivity index (χ0) is 17.7. The van der Waals surface area contributed by atoms with Gasteiger partial charge in [0.15, 0.2) is 0 Å². The lowest BCUT2D eigenvalue weighted by Crippen LogP contribution is -2.24. The molecule has 0 aliphatic rings. The zero-order valence-corrected chi connectivity index (χ0v) is 16.7. The molecule has 0 atom stereocenters. The molecule has 1 aromatic heterocycles. The molecule has 2 aromatic rings. The minimum Gasteiger partial charge on any atom is -0.350 e. The molecule has 0 spiro atoms. The van der Waals surface area contributed by atoms with Crippen LogP contribution < -0.4 is 5.32 Å². The maximum atomic E-state index is 12.0. The standard InChI is InChI=1S/C19H26N2OS2/c1-13(2)18-21-15(11-24-18)10-20-17(22)12-23-16-8-6-14(7-9-16)19(3,4)5/h6-9,11,13H,10,12H2,1-5H3,(H,20,22). The second kappa shape index (κ2) is 8.17. The number of rotatable bonds is 6. The Morgan fingerprint density at radius 2 is 1.92 bits per heavy atom. The Balaban J connectivity index is 1.78. The zero-order valence-electron chi connectivity index (χ0n) is 15.1. The number of nitrogens with zero attached hydrogens (tertiary/aromatic N) is 1. The van der Waals surface area contributed by atoms with E-state index in [4.69, 9.17) is 0 Å². The van der Waals surface area contributed by atoms with Gasteiger partial charge in [0.05, 0.1) is 23.0 Å². The van der Waals surface area contributed by atoms with E-state index in [-0.39, 0.29) is 11.3 Å². The van der Waals surface area contributed by atoms with Crippen molar-refractivity contribution in [3.8, 4) is 0 Å². The van der Waals surface area contributed by atoms with Crippen LogP contribution in [0.2, 0.25) is 0 Å². The van der Waals surface area contributed by atoms with Gasteiger partial charge in [0.2, 0.25) is 5.91 Å². The van der Waals surface area contributed by atoms with Gasteiger partial charge in [-0.3, -0.25) is 4.79 Å². The van der Waals surface area contributed by atoms with Crippen molar-refractivity contribution in [1.29, 1.82) is 0 Å². The van der Waals surface area contributed by atoms with Crippen LogP contribution in [0.15, 0.2) is 34.5 Å². The van der Waals surface area contributed by atoms with Crippen LogP contribution in [0.4, 0.5) is 0 Å². The molecule has 24 heavy (non-hydrogen) atoms. The number of benzene rings is 1. The fourth-order valence-electron chi connectivity index (χ4n) is 2.11. The topological polar surface area (TPSA) is 42.0 Å². The molecule has 0 unspecified atom stereocenters. The van der Waals surface area contributed by atoms with Gasteiger partial charge in [0, 0.05) is 16.2 Å². The summed E-state index contributed by atoms with van der Waals surface area (Å²) in [4.78, 5) is 17.6. The Bertz CT molecular complexity index is 669. The van der Waals surface area contributed by atoms with Crippen LogP contribution in [0, 0.1) is 0 Å². The van der Waals surface area contributed by atoms with Gasteiger partial charge in [-0.1, -0.05) is 46.8 Å². The highest BCUT2D eigenvalue weighted by Gasteiger charge is 2.13. The third kappa shape index (κ3) is 5.64. The van der Waals surface area contributed by atoms with E-state index in [0.717, 1.165) is 15.6 Å². The molecule has 0 fully saturated rings. The Labute approximate surface area is 153 Å². The van der Waals surface area contributed by atoms with Crippen molar-refractivity contribution in [3.05, 3.63) is 45.9 Å². The summed E-state index contributed by atoms with van der Waals surface area (Å²) in [7, 11) is 0. The number of hydrogen-bond acceptors (Lipinski definition) is 4. The van der Waals surface area contributed by atoms with Crippen molar-refractivity contribution >= 4 is 29.0 Å². The van der Waals surface area contributed by atoms with E-state index in [0.29, 0.717) is 18.2 Å². The molecule has 0 bridgehead atoms. The number of thiazole rings is 1. The molecule has 0 aliphatic carbocycles. The van der Waals surface area contributed by atoms with Gasteiger partial charge in [0.25, 0.3) is 0 Å². The van der Waals surface area contributed by atoms with E-state index in [1.54, 1.807) is 23.1 Å². The lowest BCUT2D eigenvalue weighted by molar-refractivity contribution is -0.118. The van der Waals surface area contributed by atoms with E-state index in [9.17, 15) is 4.79 Å². The second-order valence-corrected chi connectivity index (χ2v) is 9.11. The number of carbonyl (C=O) groups is 1. The highest BCUT2D eigenvalue weighted by Crippen LogP contribution is 2.25. The molecule has 0 aliphatic heterocycles. The van der Waals surface area contributed by atoms with Crippen molar-refractivity contribution in [2.45, 2.75) is 57.4 Å². The Kier molecular flexibility index (Phi) is 6.47. The van der Waals surface area contributed by atoms with E-state index in [1.807, 2.05) is 5.38 Å². The first-order valence-corrected chi connectivity index (χ1v) is 10.1. The van der Waals surface area contributed by atoms with Gasteiger partial charge in [0.1, 0.15) is 0 Å². The third-order valence-electron chi connectivity index (χ3n) is 3.62. The van der Waals surface area contributed by atoms with Crippen molar-refractivity contribution in [2.24, 2.45) is 0 Å². The molecule has 130 valence electrons. The van der Waals surface area contributed by atoms with E-state index < -0.39 is 0 Å². The van der Waals surface area contributed by atoms with Crippen LogP contribution in [0.5, 0.6) is 0 Å². The quantitative estimate of drug-likeness (QED) is 0.738. The lowest BCUT2D eigenvalue weighted by atomic mass is 9.87. The average molecular weight is 363 g/mol. The van der Waals surface area contributed by atoms with Crippen LogP contribution in [0.25, 0.3) is 0 Å². The first kappa shape index (κ1) is 19.0. The smallest absolute Gasteiger partial charge is 0.230 e. The molecule has 2 rings (SSSR count). The first-order valence-electron chi connectivity index (χ1n) is 8.20. The lowest BCUT2D eigenvalue weighted by Gasteiger charge is -2.19. The van der Waals surface area contributed by atoms with E-state index in [1.165, 1.54) is 5.56 Å². The second-order valence-electron chi connectivity index (χ2n) is 7.17. The summed E-state index contributed by atoms with van der Waals surface area (Å²) in [6.45, 7) is 11.4. The fraction of sp³-hybridized carbons (Fsp3) is 0.474. The summed E-state index contributed by atoms with van der Waals surface area (Å²) < 4.78 is 0. The molecule has 0 saturated heterocycles. The molecule has 1 aromatic carbocycles. The summed E-state index contributed by atoms with van der Waals surface area (Å²) in [6.07, 6.45) is 0. The highest BCUT2D eigenvalue weighted by molar-refractivity contribution is 8.00. The molecule has 5 heteroatoms. The van der Waals surface area contributed by atoms with Crippen molar-refractivity contribution in [1.82, 2.24) is 10.3 Å². The number of aromatic nitrogens is 1. The molecule has 1 heterocycles. The maximum absolute atomic E-state index is 12.0. The van der Waals surface area contributed by atoms with E-state index in [2.05, 4.69) is 69.2 Å². The average Bonchev–Trinajstić information content (AvgIpc) is 3.00. The van der Waals surface area contributed by atoms with Crippen molar-refractivity contribution < 1.29 is 4.79 Å².